The summed E-state index contributed by atoms with van der Waals surface area (Å²) in [6.45, 7) is 8.95. The van der Waals surface area contributed by atoms with Crippen LogP contribution in [-0.2, 0) is 5.41 Å². The minimum absolute atomic E-state index is 0. The van der Waals surface area contributed by atoms with E-state index in [1.807, 2.05) is 32.0 Å². The van der Waals surface area contributed by atoms with Crippen LogP contribution in [-0.4, -0.2) is 18.5 Å². The van der Waals surface area contributed by atoms with Crippen LogP contribution in [0.3, 0.4) is 0 Å². The molecule has 0 aliphatic rings. The van der Waals surface area contributed by atoms with Crippen molar-refractivity contribution in [3.63, 3.8) is 0 Å². The normalized spacial score (nSPS) is 12.2. The largest absolute Gasteiger partial charge is 0.370 e. The number of nitrogens with two attached hydrogens (primary N) is 1. The Bertz CT molecular complexity index is 430. The molecule has 0 atom stereocenters. The number of nitrogens with one attached hydrogen (secondary N) is 1. The van der Waals surface area contributed by atoms with E-state index in [2.05, 4.69) is 30.2 Å². The van der Waals surface area contributed by atoms with Gasteiger partial charge in [0, 0.05) is 16.5 Å². The highest BCUT2D eigenvalue weighted by atomic mass is 127. The molecule has 0 fully saturated rings. The van der Waals surface area contributed by atoms with Gasteiger partial charge in [0.15, 0.2) is 5.96 Å². The predicted molar refractivity (Wildman–Crippen MR) is 94.7 cm³/mol. The Morgan fingerprint density at radius 1 is 1.42 bits per heavy atom. The lowest BCUT2D eigenvalue weighted by molar-refractivity contribution is 0.538. The molecule has 0 aromatic heterocycles. The van der Waals surface area contributed by atoms with Crippen molar-refractivity contribution >= 4 is 41.5 Å². The lowest BCUT2D eigenvalue weighted by Crippen LogP contribution is -2.38. The average molecular weight is 396 g/mol. The molecule has 1 rings (SSSR count). The zero-order valence-corrected chi connectivity index (χ0v) is 15.0. The molecule has 3 N–H and O–H groups in total. The average Bonchev–Trinajstić information content (AvgIpc) is 2.26. The van der Waals surface area contributed by atoms with Gasteiger partial charge in [0.05, 0.1) is 6.54 Å². The molecule has 108 valence electrons. The van der Waals surface area contributed by atoms with Crippen molar-refractivity contribution in [1.82, 2.24) is 5.32 Å². The molecule has 0 aliphatic heterocycles. The van der Waals surface area contributed by atoms with E-state index < -0.39 is 0 Å². The van der Waals surface area contributed by atoms with Gasteiger partial charge in [0.2, 0.25) is 0 Å². The molecule has 0 aliphatic carbocycles. The van der Waals surface area contributed by atoms with Crippen molar-refractivity contribution in [2.75, 3.05) is 6.54 Å². The summed E-state index contributed by atoms with van der Waals surface area (Å²) in [5.74, 6) is 0.486. The van der Waals surface area contributed by atoms with Gasteiger partial charge in [-0.2, -0.15) is 0 Å². The zero-order valence-electron chi connectivity index (χ0n) is 11.9. The molecule has 19 heavy (non-hydrogen) atoms. The number of halogens is 2. The zero-order chi connectivity index (χ0) is 13.8. The summed E-state index contributed by atoms with van der Waals surface area (Å²) in [5, 5.41) is 3.83. The molecule has 0 unspecified atom stereocenters. The van der Waals surface area contributed by atoms with E-state index in [0.29, 0.717) is 18.5 Å². The van der Waals surface area contributed by atoms with Gasteiger partial charge >= 0.3 is 0 Å². The molecule has 0 radical (unpaired) electrons. The monoisotopic (exact) mass is 395 g/mol. The van der Waals surface area contributed by atoms with Gasteiger partial charge in [-0.25, -0.2) is 0 Å². The van der Waals surface area contributed by atoms with E-state index >= 15 is 0 Å². The SMILES string of the molecule is CC(C)NC(N)=NCC(C)(C)c1cccc(Cl)c1.I. The second-order valence-electron chi connectivity index (χ2n) is 5.39. The van der Waals surface area contributed by atoms with Crippen molar-refractivity contribution in [2.24, 2.45) is 10.7 Å². The van der Waals surface area contributed by atoms with Crippen molar-refractivity contribution < 1.29 is 0 Å². The van der Waals surface area contributed by atoms with Gasteiger partial charge in [-0.15, -0.1) is 24.0 Å². The van der Waals surface area contributed by atoms with Crippen LogP contribution in [0.2, 0.25) is 5.02 Å². The smallest absolute Gasteiger partial charge is 0.188 e. The number of benzene rings is 1. The molecule has 0 bridgehead atoms. The maximum Gasteiger partial charge on any atom is 0.188 e. The quantitative estimate of drug-likeness (QED) is 0.465. The Balaban J connectivity index is 0.00000324. The summed E-state index contributed by atoms with van der Waals surface area (Å²) in [7, 11) is 0. The Kier molecular flexibility index (Phi) is 7.74. The molecule has 0 heterocycles. The fourth-order valence-electron chi connectivity index (χ4n) is 1.62. The molecular weight excluding hydrogens is 373 g/mol. The summed E-state index contributed by atoms with van der Waals surface area (Å²) in [5.41, 5.74) is 6.88. The Labute approximate surface area is 138 Å². The van der Waals surface area contributed by atoms with Crippen molar-refractivity contribution in [3.8, 4) is 0 Å². The molecule has 5 heteroatoms. The highest BCUT2D eigenvalue weighted by molar-refractivity contribution is 14.0. The number of rotatable bonds is 4. The molecule has 0 saturated heterocycles. The molecule has 0 saturated carbocycles. The molecule has 1 aromatic rings. The standard InChI is InChI=1S/C14H22ClN3.HI/c1-10(2)18-13(16)17-9-14(3,4)11-6-5-7-12(15)8-11;/h5-8,10H,9H2,1-4H3,(H3,16,17,18);1H. The maximum atomic E-state index is 6.01. The van der Waals surface area contributed by atoms with Gasteiger partial charge in [-0.3, -0.25) is 4.99 Å². The van der Waals surface area contributed by atoms with Gasteiger partial charge in [-0.1, -0.05) is 37.6 Å². The Morgan fingerprint density at radius 3 is 2.58 bits per heavy atom. The van der Waals surface area contributed by atoms with Crippen LogP contribution in [0.5, 0.6) is 0 Å². The third-order valence-electron chi connectivity index (χ3n) is 2.69. The highest BCUT2D eigenvalue weighted by Crippen LogP contribution is 2.25. The summed E-state index contributed by atoms with van der Waals surface area (Å²) < 4.78 is 0. The number of hydrogen-bond donors (Lipinski definition) is 2. The maximum absolute atomic E-state index is 6.01. The summed E-state index contributed by atoms with van der Waals surface area (Å²) in [6.07, 6.45) is 0. The topological polar surface area (TPSA) is 50.4 Å². The third-order valence-corrected chi connectivity index (χ3v) is 2.92. The number of nitrogens with zero attached hydrogens (tertiary/aromatic N) is 1. The van der Waals surface area contributed by atoms with Crippen LogP contribution in [0.4, 0.5) is 0 Å². The summed E-state index contributed by atoms with van der Waals surface area (Å²) in [4.78, 5) is 4.38. The van der Waals surface area contributed by atoms with Crippen LogP contribution in [0.1, 0.15) is 33.3 Å². The van der Waals surface area contributed by atoms with Gasteiger partial charge in [0.1, 0.15) is 0 Å². The lowest BCUT2D eigenvalue weighted by atomic mass is 9.85. The molecule has 1 aromatic carbocycles. The highest BCUT2D eigenvalue weighted by Gasteiger charge is 2.20. The predicted octanol–water partition coefficient (Wildman–Crippen LogP) is 3.55. The van der Waals surface area contributed by atoms with E-state index in [9.17, 15) is 0 Å². The van der Waals surface area contributed by atoms with Gasteiger partial charge < -0.3 is 11.1 Å². The number of hydrogen-bond acceptors (Lipinski definition) is 1. The van der Waals surface area contributed by atoms with Crippen molar-refractivity contribution in [3.05, 3.63) is 34.9 Å². The van der Waals surface area contributed by atoms with Crippen molar-refractivity contribution in [1.29, 1.82) is 0 Å². The Morgan fingerprint density at radius 2 is 2.05 bits per heavy atom. The lowest BCUT2D eigenvalue weighted by Gasteiger charge is -2.23. The fourth-order valence-corrected chi connectivity index (χ4v) is 1.82. The first-order chi connectivity index (χ1) is 8.31. The van der Waals surface area contributed by atoms with E-state index in [4.69, 9.17) is 17.3 Å². The number of guanidine groups is 1. The summed E-state index contributed by atoms with van der Waals surface area (Å²) >= 11 is 6.01. The second kappa shape index (κ2) is 7.94. The number of aliphatic imine (C=N–C) groups is 1. The van der Waals surface area contributed by atoms with Gasteiger partial charge in [-0.05, 0) is 31.5 Å². The molecule has 0 spiro atoms. The van der Waals surface area contributed by atoms with E-state index in [-0.39, 0.29) is 29.4 Å². The van der Waals surface area contributed by atoms with Gasteiger partial charge in [0.25, 0.3) is 0 Å². The molecule has 0 amide bonds. The minimum Gasteiger partial charge on any atom is -0.370 e. The van der Waals surface area contributed by atoms with Crippen LogP contribution < -0.4 is 11.1 Å². The Hall–Kier alpha value is -0.490. The van der Waals surface area contributed by atoms with Crippen LogP contribution >= 0.6 is 35.6 Å². The first-order valence-electron chi connectivity index (χ1n) is 6.14. The van der Waals surface area contributed by atoms with E-state index in [1.165, 1.54) is 0 Å². The first-order valence-corrected chi connectivity index (χ1v) is 6.51. The van der Waals surface area contributed by atoms with Crippen LogP contribution in [0, 0.1) is 0 Å². The van der Waals surface area contributed by atoms with Crippen LogP contribution in [0.15, 0.2) is 29.3 Å². The first kappa shape index (κ1) is 18.5. The minimum atomic E-state index is -0.0891. The van der Waals surface area contributed by atoms with E-state index in [1.54, 1.807) is 0 Å². The summed E-state index contributed by atoms with van der Waals surface area (Å²) in [6, 6.07) is 8.16. The van der Waals surface area contributed by atoms with E-state index in [0.717, 1.165) is 10.6 Å². The molecule has 3 nitrogen and oxygen atoms in total. The third kappa shape index (κ3) is 6.47. The molecular formula is C14H23ClIN3. The fraction of sp³-hybridized carbons (Fsp3) is 0.500. The second-order valence-corrected chi connectivity index (χ2v) is 5.83. The van der Waals surface area contributed by atoms with Crippen LogP contribution in [0.25, 0.3) is 0 Å². The van der Waals surface area contributed by atoms with Crippen molar-refractivity contribution in [2.45, 2.75) is 39.2 Å².